The Labute approximate surface area is 588 Å². The third kappa shape index (κ3) is 21.3. The fraction of sp³-hybridized carbons (Fsp3) is 0.923. The number of cyclic esters (lactones) is 4. The Morgan fingerprint density at radius 2 is 0.615 bits per heavy atom. The molecule has 0 saturated carbocycles. The Bertz CT molecular complexity index is 2160. The predicted molar refractivity (Wildman–Crippen MR) is 396 cm³/mol. The van der Waals surface area contributed by atoms with E-state index in [4.69, 9.17) is 18.9 Å². The van der Waals surface area contributed by atoms with E-state index in [1.54, 1.807) is 0 Å². The van der Waals surface area contributed by atoms with Gasteiger partial charge in [-0.2, -0.15) is 0 Å². The Morgan fingerprint density at radius 1 is 0.271 bits per heavy atom. The summed E-state index contributed by atoms with van der Waals surface area (Å²) in [7, 11) is 0. The van der Waals surface area contributed by atoms with Crippen molar-refractivity contribution in [1.29, 1.82) is 0 Å². The Hall–Kier alpha value is -4.38. The van der Waals surface area contributed by atoms with Crippen LogP contribution in [-0.4, -0.2) is 112 Å². The number of hydrogen-bond acceptors (Lipinski definition) is 10. The van der Waals surface area contributed by atoms with Crippen LogP contribution < -0.4 is 42.5 Å². The molecule has 0 aromatic rings. The number of ether oxygens (including phenoxy) is 4. The zero-order chi connectivity index (χ0) is 75.7. The summed E-state index contributed by atoms with van der Waals surface area (Å²) in [6.45, 7) is 85.7. The molecule has 6 aliphatic rings. The predicted octanol–water partition coefficient (Wildman–Crippen LogP) is 18.7. The molecule has 18 nitrogen and oxygen atoms in total. The van der Waals surface area contributed by atoms with Crippen molar-refractivity contribution in [1.82, 2.24) is 42.5 Å². The fourth-order valence-corrected chi connectivity index (χ4v) is 18.3. The number of amides is 8. The molecule has 0 atom stereocenters. The van der Waals surface area contributed by atoms with Gasteiger partial charge in [0.15, 0.2) is 0 Å². The highest BCUT2D eigenvalue weighted by atomic mass is 16.6. The zero-order valence-corrected chi connectivity index (χ0v) is 68.8. The van der Waals surface area contributed by atoms with Crippen LogP contribution in [0.25, 0.3) is 0 Å². The number of nitrogens with one attached hydrogen (secondary N) is 8. The van der Waals surface area contributed by atoms with Gasteiger partial charge in [0.25, 0.3) is 0 Å². The molecule has 6 aliphatic heterocycles. The summed E-state index contributed by atoms with van der Waals surface area (Å²) in [5.41, 5.74) is 0.241. The van der Waals surface area contributed by atoms with Gasteiger partial charge in [-0.3, -0.25) is 0 Å². The van der Waals surface area contributed by atoms with Crippen molar-refractivity contribution in [2.45, 2.75) is 324 Å². The Kier molecular flexibility index (Phi) is 29.6. The number of carbonyl (C=O) groups excluding carboxylic acids is 6. The lowest BCUT2D eigenvalue weighted by Crippen LogP contribution is -2.64. The minimum absolute atomic E-state index is 0.00854. The number of rotatable bonds is 0. The first-order valence-electron chi connectivity index (χ1n) is 36.4. The van der Waals surface area contributed by atoms with E-state index in [0.717, 1.165) is 77.4 Å². The molecule has 564 valence electrons. The summed E-state index contributed by atoms with van der Waals surface area (Å²) < 4.78 is 21.3. The first kappa shape index (κ1) is 89.6. The van der Waals surface area contributed by atoms with Crippen molar-refractivity contribution in [3.05, 3.63) is 0 Å². The van der Waals surface area contributed by atoms with Crippen LogP contribution >= 0.6 is 0 Å². The van der Waals surface area contributed by atoms with Gasteiger partial charge in [-0.25, -0.2) is 28.8 Å². The zero-order valence-electron chi connectivity index (χ0n) is 68.8. The SMILES string of the molecule is CC(C)(C)C1(C(C)(C)C)CCCNC(=O)N1.CC(C)(C)C1(C(C)(C)C)CCCNC(=O)O1.CC(C)(C)C1(C(C)(C)C)CCCOC(=O)N1.CC(C)(C)C1(C(C)(C)C)CCNC(=O)NC1.CC(C)(C)C1(C(C)(C)C)CCNC(=O)OC1.CC(C)(C)C1(C(C)(C)C)CCOC(=O)NC1. The van der Waals surface area contributed by atoms with E-state index >= 15 is 0 Å². The van der Waals surface area contributed by atoms with Crippen molar-refractivity contribution < 1.29 is 47.7 Å². The van der Waals surface area contributed by atoms with Gasteiger partial charge in [0, 0.05) is 60.9 Å². The first-order chi connectivity index (χ1) is 42.6. The van der Waals surface area contributed by atoms with E-state index in [2.05, 4.69) is 292 Å². The smallest absolute Gasteiger partial charge is 0.407 e. The normalized spacial score (nSPS) is 22.0. The van der Waals surface area contributed by atoms with E-state index in [9.17, 15) is 28.8 Å². The molecule has 0 bridgehead atoms. The highest BCUT2D eigenvalue weighted by molar-refractivity contribution is 5.75. The maximum Gasteiger partial charge on any atom is 0.407 e. The minimum Gasteiger partial charge on any atom is -0.450 e. The van der Waals surface area contributed by atoms with Crippen molar-refractivity contribution >= 4 is 36.4 Å². The van der Waals surface area contributed by atoms with Crippen LogP contribution in [0.5, 0.6) is 0 Å². The summed E-state index contributed by atoms with van der Waals surface area (Å²) in [5, 5.41) is 23.6. The summed E-state index contributed by atoms with van der Waals surface area (Å²) in [6, 6.07) is -0.0577. The average Bonchev–Trinajstić information content (AvgIpc) is 1.21. The van der Waals surface area contributed by atoms with Crippen LogP contribution in [0, 0.1) is 81.2 Å². The Morgan fingerprint density at radius 3 is 1.05 bits per heavy atom. The van der Waals surface area contributed by atoms with Crippen molar-refractivity contribution in [2.24, 2.45) is 81.2 Å². The second-order valence-electron chi connectivity index (χ2n) is 41.0. The molecular weight excluding hydrogens is 1210 g/mol. The van der Waals surface area contributed by atoms with Gasteiger partial charge in [0.05, 0.1) is 30.9 Å². The second-order valence-corrected chi connectivity index (χ2v) is 41.0. The molecule has 6 rings (SSSR count). The van der Waals surface area contributed by atoms with Gasteiger partial charge >= 0.3 is 36.4 Å². The van der Waals surface area contributed by atoms with Crippen LogP contribution in [-0.2, 0) is 18.9 Å². The van der Waals surface area contributed by atoms with Crippen LogP contribution in [0.1, 0.15) is 307 Å². The fourth-order valence-electron chi connectivity index (χ4n) is 18.3. The van der Waals surface area contributed by atoms with Crippen molar-refractivity contribution in [3.63, 3.8) is 0 Å². The monoisotopic (exact) mass is 1360 g/mol. The van der Waals surface area contributed by atoms with Gasteiger partial charge in [-0.05, 0) is 117 Å². The van der Waals surface area contributed by atoms with E-state index in [1.807, 2.05) is 0 Å². The number of hydrogen-bond donors (Lipinski definition) is 8. The molecule has 8 amide bonds. The molecule has 0 radical (unpaired) electrons. The largest absolute Gasteiger partial charge is 0.450 e. The van der Waals surface area contributed by atoms with Gasteiger partial charge in [0.2, 0.25) is 0 Å². The molecule has 0 aromatic heterocycles. The van der Waals surface area contributed by atoms with Gasteiger partial charge in [-0.1, -0.05) is 249 Å². The molecule has 96 heavy (non-hydrogen) atoms. The second kappa shape index (κ2) is 31.7. The lowest BCUT2D eigenvalue weighted by Gasteiger charge is -2.53. The average molecular weight is 1360 g/mol. The lowest BCUT2D eigenvalue weighted by atomic mass is 9.52. The third-order valence-corrected chi connectivity index (χ3v) is 23.9. The van der Waals surface area contributed by atoms with Crippen molar-refractivity contribution in [3.8, 4) is 0 Å². The molecule has 0 aliphatic carbocycles. The Balaban J connectivity index is 0.000000576. The molecule has 6 fully saturated rings. The molecular formula is C78H152N8O10. The number of carbonyl (C=O) groups is 6. The molecule has 0 spiro atoms. The van der Waals surface area contributed by atoms with Crippen LogP contribution in [0.15, 0.2) is 0 Å². The van der Waals surface area contributed by atoms with Gasteiger partial charge in [0.1, 0.15) is 5.60 Å². The highest BCUT2D eigenvalue weighted by Gasteiger charge is 2.58. The highest BCUT2D eigenvalue weighted by Crippen LogP contribution is 2.58. The van der Waals surface area contributed by atoms with Gasteiger partial charge in [-0.15, -0.1) is 0 Å². The van der Waals surface area contributed by atoms with E-state index < -0.39 is 5.60 Å². The minimum atomic E-state index is -0.402. The third-order valence-electron chi connectivity index (χ3n) is 23.9. The van der Waals surface area contributed by atoms with Crippen LogP contribution in [0.3, 0.4) is 0 Å². The molecule has 0 aromatic carbocycles. The van der Waals surface area contributed by atoms with Gasteiger partial charge < -0.3 is 61.5 Å². The van der Waals surface area contributed by atoms with E-state index in [1.165, 1.54) is 0 Å². The maximum atomic E-state index is 11.8. The standard InChI is InChI=1S/2C13H26N2O.4C13H25NO2/c1-11(2,3)13(12(4,5)6)7-8-14-10(16)15-9-13;1-11(2,3)13(12(4,5)6)8-7-9-14-10(16)15-13;1-11(2,3)13(12(4,5)6)7-8-16-10(15)14-9-13;1-11(2,3)13(12(4,5)6)7-8-14-10(15)16-9-13;1-11(2,3)13(12(4,5)6)8-7-9-16-10(15)14-13;1-11(2,3)13(12(4,5)6)8-7-9-14-10(15)16-13/h2*7-9H2,1-6H3,(H2,14,15,16);4*7-9H2,1-6H3,(H,14,15). The summed E-state index contributed by atoms with van der Waals surface area (Å²) in [6.07, 6.45) is 7.63. The van der Waals surface area contributed by atoms with E-state index in [-0.39, 0.29) is 129 Å². The molecule has 6 saturated heterocycles. The molecule has 8 N–H and O–H groups in total. The summed E-state index contributed by atoms with van der Waals surface area (Å²) >= 11 is 0. The molecule has 0 unspecified atom stereocenters. The summed E-state index contributed by atoms with van der Waals surface area (Å²) in [5.74, 6) is 0. The lowest BCUT2D eigenvalue weighted by molar-refractivity contribution is -0.140. The quantitative estimate of drug-likeness (QED) is 0.107. The summed E-state index contributed by atoms with van der Waals surface area (Å²) in [4.78, 5) is 69.1. The molecule has 18 heteroatoms. The first-order valence-corrected chi connectivity index (χ1v) is 36.4. The van der Waals surface area contributed by atoms with Crippen LogP contribution in [0.2, 0.25) is 0 Å². The van der Waals surface area contributed by atoms with Crippen molar-refractivity contribution in [2.75, 3.05) is 59.1 Å². The van der Waals surface area contributed by atoms with E-state index in [0.29, 0.717) is 39.5 Å². The number of alkyl carbamates (subject to hydrolysis) is 4. The topological polar surface area (TPSA) is 236 Å². The molecule has 6 heterocycles. The number of urea groups is 2. The van der Waals surface area contributed by atoms with Crippen LogP contribution in [0.4, 0.5) is 28.8 Å². The maximum absolute atomic E-state index is 11.8.